The van der Waals surface area contributed by atoms with E-state index in [0.717, 1.165) is 5.57 Å². The van der Waals surface area contributed by atoms with Crippen molar-refractivity contribution in [2.45, 2.75) is 13.8 Å². The molecule has 0 aromatic carbocycles. The van der Waals surface area contributed by atoms with Gasteiger partial charge in [-0.15, -0.1) is 0 Å². The zero-order chi connectivity index (χ0) is 7.82. The molecule has 0 saturated carbocycles. The van der Waals surface area contributed by atoms with Crippen molar-refractivity contribution >= 4 is 12.6 Å². The Kier molecular flexibility index (Phi) is 5.25. The van der Waals surface area contributed by atoms with Crippen LogP contribution in [0.2, 0.25) is 0 Å². The summed E-state index contributed by atoms with van der Waals surface area (Å²) in [5.41, 5.74) is 1.16. The monoisotopic (exact) mass is 136 g/mol. The van der Waals surface area contributed by atoms with Crippen LogP contribution in [0.15, 0.2) is 34.4 Å². The third-order valence-electron chi connectivity index (χ3n) is 0.658. The second-order valence-corrected chi connectivity index (χ2v) is 2.00. The molecule has 2 heteroatoms. The maximum atomic E-state index is 3.88. The summed E-state index contributed by atoms with van der Waals surface area (Å²) >= 11 is 0. The van der Waals surface area contributed by atoms with E-state index in [1.807, 2.05) is 13.8 Å². The van der Waals surface area contributed by atoms with Gasteiger partial charge in [0.05, 0.1) is 0 Å². The molecule has 0 saturated heterocycles. The van der Waals surface area contributed by atoms with Crippen LogP contribution in [0.3, 0.4) is 0 Å². The first kappa shape index (κ1) is 8.82. The number of hydrogen-bond acceptors (Lipinski definition) is 1. The molecule has 0 radical (unpaired) electrons. The second kappa shape index (κ2) is 5.95. The summed E-state index contributed by atoms with van der Waals surface area (Å²) in [4.78, 5) is 7.66. The summed E-state index contributed by atoms with van der Waals surface area (Å²) in [5, 5.41) is 0. The van der Waals surface area contributed by atoms with Crippen molar-refractivity contribution in [3.05, 3.63) is 24.4 Å². The number of rotatable bonds is 3. The molecule has 54 valence electrons. The van der Waals surface area contributed by atoms with Gasteiger partial charge in [-0.05, 0) is 13.8 Å². The second-order valence-electron chi connectivity index (χ2n) is 2.00. The molecule has 0 bridgehead atoms. The Labute approximate surface area is 61.7 Å². The Morgan fingerprint density at radius 1 is 1.30 bits per heavy atom. The first-order chi connectivity index (χ1) is 4.77. The van der Waals surface area contributed by atoms with Gasteiger partial charge in [0.25, 0.3) is 0 Å². The molecule has 0 unspecified atom stereocenters. The molecule has 0 rings (SSSR count). The highest BCUT2D eigenvalue weighted by Crippen LogP contribution is 1.86. The van der Waals surface area contributed by atoms with E-state index in [4.69, 9.17) is 0 Å². The highest BCUT2D eigenvalue weighted by molar-refractivity contribution is 5.79. The smallest absolute Gasteiger partial charge is 0.115 e. The molecular weight excluding hydrogens is 124 g/mol. The molecule has 0 aromatic heterocycles. The Hall–Kier alpha value is -1.18. The molecule has 0 atom stereocenters. The first-order valence-corrected chi connectivity index (χ1v) is 3.06. The topological polar surface area (TPSA) is 24.7 Å². The van der Waals surface area contributed by atoms with Crippen molar-refractivity contribution in [1.29, 1.82) is 0 Å². The molecule has 0 fully saturated rings. The Balaban J connectivity index is 3.67. The van der Waals surface area contributed by atoms with Crippen LogP contribution in [-0.4, -0.2) is 12.6 Å². The van der Waals surface area contributed by atoms with Crippen LogP contribution >= 0.6 is 0 Å². The minimum atomic E-state index is 1.16. The summed E-state index contributed by atoms with van der Waals surface area (Å²) < 4.78 is 0. The number of nitrogens with zero attached hydrogens (tertiary/aromatic N) is 2. The molecular formula is C8H12N2. The lowest BCUT2D eigenvalue weighted by Crippen LogP contribution is -1.66. The fraction of sp³-hybridized carbons (Fsp3) is 0.250. The maximum absolute atomic E-state index is 3.88. The molecule has 0 aliphatic carbocycles. The third-order valence-corrected chi connectivity index (χ3v) is 0.658. The van der Waals surface area contributed by atoms with Crippen LogP contribution in [0.25, 0.3) is 0 Å². The van der Waals surface area contributed by atoms with Crippen molar-refractivity contribution in [3.8, 4) is 0 Å². The van der Waals surface area contributed by atoms with Crippen LogP contribution in [0.4, 0.5) is 0 Å². The standard InChI is InChI=1S/C8H12N2/c1-4-5-9-7-10-6-8(2)3/h4-7H,1H2,2-3H3. The number of hydrogen-bond donors (Lipinski definition) is 0. The minimum Gasteiger partial charge on any atom is -0.245 e. The van der Waals surface area contributed by atoms with Crippen LogP contribution in [-0.2, 0) is 0 Å². The molecule has 0 N–H and O–H groups in total. The summed E-state index contributed by atoms with van der Waals surface area (Å²) in [6.45, 7) is 7.43. The molecule has 0 aromatic rings. The summed E-state index contributed by atoms with van der Waals surface area (Å²) in [7, 11) is 0. The van der Waals surface area contributed by atoms with Gasteiger partial charge >= 0.3 is 0 Å². The van der Waals surface area contributed by atoms with Crippen molar-refractivity contribution in [2.24, 2.45) is 9.98 Å². The van der Waals surface area contributed by atoms with Gasteiger partial charge in [0.2, 0.25) is 0 Å². The molecule has 0 heterocycles. The Morgan fingerprint density at radius 2 is 2.00 bits per heavy atom. The average Bonchev–Trinajstić information content (AvgIpc) is 1.87. The Bertz CT molecular complexity index is 172. The van der Waals surface area contributed by atoms with Gasteiger partial charge < -0.3 is 0 Å². The van der Waals surface area contributed by atoms with Gasteiger partial charge in [-0.2, -0.15) is 0 Å². The van der Waals surface area contributed by atoms with Gasteiger partial charge in [-0.1, -0.05) is 18.2 Å². The molecule has 10 heavy (non-hydrogen) atoms. The van der Waals surface area contributed by atoms with E-state index in [-0.39, 0.29) is 0 Å². The van der Waals surface area contributed by atoms with Gasteiger partial charge in [0.1, 0.15) is 6.34 Å². The average molecular weight is 136 g/mol. The SMILES string of the molecule is C=CC=NC=NC=C(C)C. The van der Waals surface area contributed by atoms with Crippen molar-refractivity contribution in [3.63, 3.8) is 0 Å². The fourth-order valence-corrected chi connectivity index (χ4v) is 0.320. The quantitative estimate of drug-likeness (QED) is 0.419. The minimum absolute atomic E-state index is 1.16. The van der Waals surface area contributed by atoms with Crippen molar-refractivity contribution in [2.75, 3.05) is 0 Å². The highest BCUT2D eigenvalue weighted by atomic mass is 14.8. The van der Waals surface area contributed by atoms with Crippen molar-refractivity contribution in [1.82, 2.24) is 0 Å². The number of aliphatic imine (C=N–C) groups is 2. The van der Waals surface area contributed by atoms with E-state index in [0.29, 0.717) is 0 Å². The third kappa shape index (κ3) is 6.82. The molecule has 0 aliphatic rings. The van der Waals surface area contributed by atoms with E-state index in [9.17, 15) is 0 Å². The van der Waals surface area contributed by atoms with Crippen LogP contribution < -0.4 is 0 Å². The normalized spacial score (nSPS) is 10.6. The van der Waals surface area contributed by atoms with Gasteiger partial charge in [-0.25, -0.2) is 9.98 Å². The van der Waals surface area contributed by atoms with Gasteiger partial charge in [-0.3, -0.25) is 0 Å². The summed E-state index contributed by atoms with van der Waals surface area (Å²) in [6.07, 6.45) is 6.42. The Morgan fingerprint density at radius 3 is 2.50 bits per heavy atom. The fourth-order valence-electron chi connectivity index (χ4n) is 0.320. The van der Waals surface area contributed by atoms with Gasteiger partial charge in [0.15, 0.2) is 0 Å². The number of allylic oxidation sites excluding steroid dienone is 2. The van der Waals surface area contributed by atoms with E-state index in [1.165, 1.54) is 6.34 Å². The largest absolute Gasteiger partial charge is 0.245 e. The predicted molar refractivity (Wildman–Crippen MR) is 46.6 cm³/mol. The molecule has 0 spiro atoms. The predicted octanol–water partition coefficient (Wildman–Crippen LogP) is 2.20. The van der Waals surface area contributed by atoms with Crippen molar-refractivity contribution < 1.29 is 0 Å². The lowest BCUT2D eigenvalue weighted by Gasteiger charge is -1.79. The summed E-state index contributed by atoms with van der Waals surface area (Å²) in [6, 6.07) is 0. The summed E-state index contributed by atoms with van der Waals surface area (Å²) in [5.74, 6) is 0. The van der Waals surface area contributed by atoms with E-state index in [1.54, 1.807) is 18.5 Å². The lowest BCUT2D eigenvalue weighted by molar-refractivity contribution is 1.34. The zero-order valence-electron chi connectivity index (χ0n) is 6.41. The molecule has 0 aliphatic heterocycles. The zero-order valence-corrected chi connectivity index (χ0v) is 6.41. The van der Waals surface area contributed by atoms with E-state index < -0.39 is 0 Å². The van der Waals surface area contributed by atoms with Crippen LogP contribution in [0.1, 0.15) is 13.8 Å². The maximum Gasteiger partial charge on any atom is 0.115 e. The first-order valence-electron chi connectivity index (χ1n) is 3.06. The van der Waals surface area contributed by atoms with E-state index >= 15 is 0 Å². The van der Waals surface area contributed by atoms with Crippen LogP contribution in [0, 0.1) is 0 Å². The van der Waals surface area contributed by atoms with Crippen LogP contribution in [0.5, 0.6) is 0 Å². The highest BCUT2D eigenvalue weighted by Gasteiger charge is 1.68. The van der Waals surface area contributed by atoms with Gasteiger partial charge in [0, 0.05) is 12.4 Å². The molecule has 0 amide bonds. The lowest BCUT2D eigenvalue weighted by atomic mass is 10.4. The van der Waals surface area contributed by atoms with E-state index in [2.05, 4.69) is 16.6 Å². The molecule has 2 nitrogen and oxygen atoms in total.